The van der Waals surface area contributed by atoms with Crippen LogP contribution >= 0.6 is 15.9 Å². The predicted octanol–water partition coefficient (Wildman–Crippen LogP) is 2.96. The minimum atomic E-state index is -0.390. The number of amides is 2. The molecule has 0 saturated heterocycles. The van der Waals surface area contributed by atoms with Gasteiger partial charge in [-0.2, -0.15) is 5.10 Å². The lowest BCUT2D eigenvalue weighted by atomic mass is 10.2. The fraction of sp³-hybridized carbons (Fsp3) is 0.118. The van der Waals surface area contributed by atoms with Gasteiger partial charge in [-0.3, -0.25) is 14.3 Å². The van der Waals surface area contributed by atoms with E-state index in [-0.39, 0.29) is 11.7 Å². The maximum absolute atomic E-state index is 12.3. The molecule has 8 heteroatoms. The van der Waals surface area contributed by atoms with Gasteiger partial charge in [0.05, 0.1) is 6.20 Å². The molecule has 3 rings (SSSR count). The first-order valence-corrected chi connectivity index (χ1v) is 8.23. The van der Waals surface area contributed by atoms with Crippen molar-refractivity contribution in [1.82, 2.24) is 15.1 Å². The summed E-state index contributed by atoms with van der Waals surface area (Å²) in [5.41, 5.74) is 1.86. The van der Waals surface area contributed by atoms with Crippen LogP contribution in [0.25, 0.3) is 0 Å². The quantitative estimate of drug-likeness (QED) is 0.686. The van der Waals surface area contributed by atoms with Crippen molar-refractivity contribution in [3.8, 4) is 0 Å². The largest absolute Gasteiger partial charge is 0.444 e. The third-order valence-electron chi connectivity index (χ3n) is 3.39. The van der Waals surface area contributed by atoms with Crippen LogP contribution in [-0.2, 0) is 13.6 Å². The SMILES string of the molecule is Cn1cc(CNC(=O)c2cccc(NC(=O)c3ccc(Br)o3)c2)cn1. The van der Waals surface area contributed by atoms with Crippen molar-refractivity contribution < 1.29 is 14.0 Å². The molecule has 0 aliphatic rings. The molecule has 0 saturated carbocycles. The van der Waals surface area contributed by atoms with Crippen LogP contribution in [-0.4, -0.2) is 21.6 Å². The van der Waals surface area contributed by atoms with Gasteiger partial charge in [0.15, 0.2) is 10.4 Å². The van der Waals surface area contributed by atoms with Crippen molar-refractivity contribution >= 4 is 33.4 Å². The van der Waals surface area contributed by atoms with E-state index in [4.69, 9.17) is 4.42 Å². The zero-order chi connectivity index (χ0) is 17.8. The number of furan rings is 1. The number of rotatable bonds is 5. The topological polar surface area (TPSA) is 89.2 Å². The predicted molar refractivity (Wildman–Crippen MR) is 95.2 cm³/mol. The van der Waals surface area contributed by atoms with Crippen LogP contribution in [0.15, 0.2) is 57.9 Å². The lowest BCUT2D eigenvalue weighted by molar-refractivity contribution is 0.0949. The van der Waals surface area contributed by atoms with Crippen molar-refractivity contribution in [2.75, 3.05) is 5.32 Å². The summed E-state index contributed by atoms with van der Waals surface area (Å²) in [5.74, 6) is -0.447. The fourth-order valence-electron chi connectivity index (χ4n) is 2.21. The van der Waals surface area contributed by atoms with Crippen molar-refractivity contribution in [3.05, 3.63) is 70.3 Å². The summed E-state index contributed by atoms with van der Waals surface area (Å²) < 4.78 is 7.35. The number of carbonyl (C=O) groups is 2. The number of hydrogen-bond acceptors (Lipinski definition) is 4. The van der Waals surface area contributed by atoms with E-state index in [9.17, 15) is 9.59 Å². The number of aryl methyl sites for hydroxylation is 1. The summed E-state index contributed by atoms with van der Waals surface area (Å²) in [6.07, 6.45) is 3.52. The van der Waals surface area contributed by atoms with Gasteiger partial charge in [0.1, 0.15) is 0 Å². The molecule has 0 radical (unpaired) electrons. The summed E-state index contributed by atoms with van der Waals surface area (Å²) in [5, 5.41) is 9.56. The second kappa shape index (κ2) is 7.35. The van der Waals surface area contributed by atoms with Crippen molar-refractivity contribution in [3.63, 3.8) is 0 Å². The molecule has 128 valence electrons. The number of nitrogens with zero attached hydrogens (tertiary/aromatic N) is 2. The molecule has 2 heterocycles. The molecule has 0 bridgehead atoms. The smallest absolute Gasteiger partial charge is 0.291 e. The molecule has 2 N–H and O–H groups in total. The minimum absolute atomic E-state index is 0.179. The first kappa shape index (κ1) is 17.0. The monoisotopic (exact) mass is 402 g/mol. The Morgan fingerprint density at radius 1 is 1.24 bits per heavy atom. The number of halogens is 1. The van der Waals surface area contributed by atoms with Crippen LogP contribution in [0.1, 0.15) is 26.5 Å². The molecule has 25 heavy (non-hydrogen) atoms. The lowest BCUT2D eigenvalue weighted by Gasteiger charge is -2.07. The zero-order valence-corrected chi connectivity index (χ0v) is 14.9. The highest BCUT2D eigenvalue weighted by atomic mass is 79.9. The molecular weight excluding hydrogens is 388 g/mol. The number of anilines is 1. The summed E-state index contributed by atoms with van der Waals surface area (Å²) >= 11 is 3.15. The van der Waals surface area contributed by atoms with E-state index in [1.807, 2.05) is 13.2 Å². The first-order valence-electron chi connectivity index (χ1n) is 7.44. The Balaban J connectivity index is 1.64. The number of hydrogen-bond donors (Lipinski definition) is 2. The molecule has 0 unspecified atom stereocenters. The van der Waals surface area contributed by atoms with Crippen LogP contribution in [0.3, 0.4) is 0 Å². The first-order chi connectivity index (χ1) is 12.0. The van der Waals surface area contributed by atoms with E-state index < -0.39 is 5.91 Å². The van der Waals surface area contributed by atoms with Gasteiger partial charge in [0, 0.05) is 36.6 Å². The van der Waals surface area contributed by atoms with Gasteiger partial charge in [-0.1, -0.05) is 6.07 Å². The maximum atomic E-state index is 12.3. The third kappa shape index (κ3) is 4.36. The Morgan fingerprint density at radius 3 is 2.76 bits per heavy atom. The third-order valence-corrected chi connectivity index (χ3v) is 3.82. The Hall–Kier alpha value is -2.87. The molecule has 0 aliphatic heterocycles. The maximum Gasteiger partial charge on any atom is 0.291 e. The Labute approximate surface area is 152 Å². The second-order valence-corrected chi connectivity index (χ2v) is 6.13. The second-order valence-electron chi connectivity index (χ2n) is 5.34. The van der Waals surface area contributed by atoms with Gasteiger partial charge in [0.2, 0.25) is 0 Å². The number of benzene rings is 1. The summed E-state index contributed by atoms with van der Waals surface area (Å²) in [6, 6.07) is 9.88. The molecule has 2 aromatic heterocycles. The number of carbonyl (C=O) groups excluding carboxylic acids is 2. The standard InChI is InChI=1S/C17H15BrN4O3/c1-22-10-11(9-20-22)8-19-16(23)12-3-2-4-13(7-12)21-17(24)14-5-6-15(18)25-14/h2-7,9-10H,8H2,1H3,(H,19,23)(H,21,24). The van der Waals surface area contributed by atoms with E-state index in [0.29, 0.717) is 22.5 Å². The van der Waals surface area contributed by atoms with E-state index in [0.717, 1.165) is 5.56 Å². The van der Waals surface area contributed by atoms with Crippen molar-refractivity contribution in [2.45, 2.75) is 6.54 Å². The Bertz CT molecular complexity index is 916. The fourth-order valence-corrected chi connectivity index (χ4v) is 2.52. The molecule has 2 amide bonds. The molecule has 0 spiro atoms. The summed E-state index contributed by atoms with van der Waals surface area (Å²) in [7, 11) is 1.81. The number of nitrogens with one attached hydrogen (secondary N) is 2. The summed E-state index contributed by atoms with van der Waals surface area (Å²) in [4.78, 5) is 24.3. The highest BCUT2D eigenvalue weighted by molar-refractivity contribution is 9.10. The van der Waals surface area contributed by atoms with E-state index in [1.165, 1.54) is 0 Å². The van der Waals surface area contributed by atoms with Crippen molar-refractivity contribution in [1.29, 1.82) is 0 Å². The van der Waals surface area contributed by atoms with Gasteiger partial charge in [-0.25, -0.2) is 0 Å². The molecule has 1 aromatic carbocycles. The van der Waals surface area contributed by atoms with Crippen LogP contribution in [0.5, 0.6) is 0 Å². The van der Waals surface area contributed by atoms with Crippen LogP contribution in [0, 0.1) is 0 Å². The van der Waals surface area contributed by atoms with Gasteiger partial charge < -0.3 is 15.1 Å². The van der Waals surface area contributed by atoms with Gasteiger partial charge in [-0.15, -0.1) is 0 Å². The van der Waals surface area contributed by atoms with Crippen LogP contribution in [0.4, 0.5) is 5.69 Å². The van der Waals surface area contributed by atoms with Gasteiger partial charge in [0.25, 0.3) is 11.8 Å². The Kier molecular flexibility index (Phi) is 4.99. The normalized spacial score (nSPS) is 10.5. The van der Waals surface area contributed by atoms with Crippen molar-refractivity contribution in [2.24, 2.45) is 7.05 Å². The van der Waals surface area contributed by atoms with E-state index >= 15 is 0 Å². The molecular formula is C17H15BrN4O3. The highest BCUT2D eigenvalue weighted by Crippen LogP contribution is 2.17. The van der Waals surface area contributed by atoms with E-state index in [2.05, 4.69) is 31.7 Å². The van der Waals surface area contributed by atoms with Gasteiger partial charge in [-0.05, 0) is 46.3 Å². The number of aromatic nitrogens is 2. The van der Waals surface area contributed by atoms with Crippen LogP contribution < -0.4 is 10.6 Å². The molecule has 0 aliphatic carbocycles. The van der Waals surface area contributed by atoms with Gasteiger partial charge >= 0.3 is 0 Å². The molecule has 0 atom stereocenters. The average Bonchev–Trinajstić information content (AvgIpc) is 3.21. The lowest BCUT2D eigenvalue weighted by Crippen LogP contribution is -2.22. The van der Waals surface area contributed by atoms with E-state index in [1.54, 1.807) is 47.3 Å². The summed E-state index contributed by atoms with van der Waals surface area (Å²) in [6.45, 7) is 0.379. The van der Waals surface area contributed by atoms with Crippen LogP contribution in [0.2, 0.25) is 0 Å². The molecule has 0 fully saturated rings. The molecule has 7 nitrogen and oxygen atoms in total. The highest BCUT2D eigenvalue weighted by Gasteiger charge is 2.12. The zero-order valence-electron chi connectivity index (χ0n) is 13.3. The average molecular weight is 403 g/mol. The minimum Gasteiger partial charge on any atom is -0.444 e. The Morgan fingerprint density at radius 2 is 2.08 bits per heavy atom. The molecule has 3 aromatic rings.